The number of hydrogen-bond donors (Lipinski definition) is 1. The Bertz CT molecular complexity index is 1710. The molecule has 8 heteroatoms. The van der Waals surface area contributed by atoms with E-state index >= 15 is 0 Å². The number of carbonyl (C=O) groups is 1. The predicted octanol–water partition coefficient (Wildman–Crippen LogP) is 6.50. The molecule has 2 aromatic heterocycles. The lowest BCUT2D eigenvalue weighted by atomic mass is 10.0. The third-order valence-electron chi connectivity index (χ3n) is 6.28. The number of benzene rings is 3. The highest BCUT2D eigenvalue weighted by molar-refractivity contribution is 6.33. The summed E-state index contributed by atoms with van der Waals surface area (Å²) < 4.78 is 13.7. The lowest BCUT2D eigenvalue weighted by molar-refractivity contribution is -0.118. The Hall–Kier alpha value is -4.36. The van der Waals surface area contributed by atoms with E-state index in [1.807, 2.05) is 56.4 Å². The first-order chi connectivity index (χ1) is 18.3. The Morgan fingerprint density at radius 2 is 1.89 bits per heavy atom. The zero-order valence-electron chi connectivity index (χ0n) is 21.2. The van der Waals surface area contributed by atoms with Crippen molar-refractivity contribution in [2.75, 3.05) is 11.9 Å². The Labute approximate surface area is 224 Å². The molecule has 0 radical (unpaired) electrons. The van der Waals surface area contributed by atoms with E-state index in [4.69, 9.17) is 20.8 Å². The van der Waals surface area contributed by atoms with Gasteiger partial charge in [0.1, 0.15) is 17.1 Å². The van der Waals surface area contributed by atoms with Crippen LogP contribution in [0.25, 0.3) is 27.8 Å². The molecule has 0 aliphatic rings. The van der Waals surface area contributed by atoms with E-state index in [-0.39, 0.29) is 17.9 Å². The van der Waals surface area contributed by atoms with Gasteiger partial charge in [0, 0.05) is 17.8 Å². The molecule has 0 aliphatic heterocycles. The molecule has 38 heavy (non-hydrogen) atoms. The highest BCUT2D eigenvalue weighted by Gasteiger charge is 2.18. The number of para-hydroxylation sites is 1. The number of nitrogens with zero attached hydrogens (tertiary/aromatic N) is 2. The van der Waals surface area contributed by atoms with E-state index in [1.165, 1.54) is 0 Å². The van der Waals surface area contributed by atoms with Gasteiger partial charge in [0.25, 0.3) is 5.91 Å². The van der Waals surface area contributed by atoms with Crippen molar-refractivity contribution in [3.8, 4) is 22.6 Å². The molecule has 0 atom stereocenters. The molecule has 1 amide bonds. The summed E-state index contributed by atoms with van der Waals surface area (Å²) in [6.45, 7) is 5.42. The molecule has 0 spiro atoms. The molecule has 1 N–H and O–H groups in total. The Morgan fingerprint density at radius 3 is 2.63 bits per heavy atom. The molecule has 0 aliphatic carbocycles. The third-order valence-corrected chi connectivity index (χ3v) is 6.59. The van der Waals surface area contributed by atoms with Crippen molar-refractivity contribution in [3.63, 3.8) is 0 Å². The second kappa shape index (κ2) is 10.6. The van der Waals surface area contributed by atoms with Gasteiger partial charge < -0.3 is 14.5 Å². The fourth-order valence-electron chi connectivity index (χ4n) is 4.35. The van der Waals surface area contributed by atoms with Gasteiger partial charge in [-0.15, -0.1) is 0 Å². The average molecular weight is 528 g/mol. The number of anilines is 1. The quantitative estimate of drug-likeness (QED) is 0.261. The first-order valence-electron chi connectivity index (χ1n) is 12.2. The number of halogens is 1. The van der Waals surface area contributed by atoms with Crippen LogP contribution in [0.1, 0.15) is 23.8 Å². The van der Waals surface area contributed by atoms with Gasteiger partial charge in [-0.3, -0.25) is 9.59 Å². The molecule has 0 saturated carbocycles. The maximum atomic E-state index is 13.6. The first-order valence-corrected chi connectivity index (χ1v) is 12.6. The predicted molar refractivity (Wildman–Crippen MR) is 149 cm³/mol. The number of fused-ring (bicyclic) bond motifs is 1. The van der Waals surface area contributed by atoms with Gasteiger partial charge in [-0.1, -0.05) is 42.8 Å². The minimum absolute atomic E-state index is 0.149. The van der Waals surface area contributed by atoms with Crippen LogP contribution in [0.5, 0.6) is 5.75 Å². The van der Waals surface area contributed by atoms with Crippen LogP contribution in [0.15, 0.2) is 82.3 Å². The summed E-state index contributed by atoms with van der Waals surface area (Å²) in [5, 5.41) is 8.09. The number of hydrogen-bond acceptors (Lipinski definition) is 5. The maximum absolute atomic E-state index is 13.6. The zero-order valence-corrected chi connectivity index (χ0v) is 22.0. The van der Waals surface area contributed by atoms with Gasteiger partial charge in [0.2, 0.25) is 5.43 Å². The molecule has 192 valence electrons. The molecule has 5 rings (SSSR count). The molecular formula is C30H26ClN3O4. The van der Waals surface area contributed by atoms with E-state index in [1.54, 1.807) is 42.1 Å². The minimum Gasteiger partial charge on any atom is -0.483 e. The van der Waals surface area contributed by atoms with Gasteiger partial charge in [0.15, 0.2) is 6.61 Å². The first kappa shape index (κ1) is 25.3. The molecule has 5 aromatic rings. The van der Waals surface area contributed by atoms with Crippen LogP contribution in [-0.2, 0) is 11.2 Å². The summed E-state index contributed by atoms with van der Waals surface area (Å²) in [5.74, 6) is 0.607. The third kappa shape index (κ3) is 5.06. The van der Waals surface area contributed by atoms with Crippen LogP contribution < -0.4 is 15.5 Å². The van der Waals surface area contributed by atoms with Gasteiger partial charge >= 0.3 is 0 Å². The Balaban J connectivity index is 1.42. The molecule has 0 bridgehead atoms. The Kier molecular flexibility index (Phi) is 7.03. The molecular weight excluding hydrogens is 502 g/mol. The largest absolute Gasteiger partial charge is 0.483 e. The summed E-state index contributed by atoms with van der Waals surface area (Å²) in [5.41, 5.74) is 4.58. The number of aryl methyl sites for hydroxylation is 3. The van der Waals surface area contributed by atoms with Gasteiger partial charge in [-0.2, -0.15) is 5.10 Å². The summed E-state index contributed by atoms with van der Waals surface area (Å²) in [6, 6.07) is 18.5. The normalized spacial score (nSPS) is 11.1. The van der Waals surface area contributed by atoms with Crippen molar-refractivity contribution in [1.29, 1.82) is 0 Å². The highest BCUT2D eigenvalue weighted by atomic mass is 35.5. The van der Waals surface area contributed by atoms with E-state index in [0.717, 1.165) is 16.8 Å². The van der Waals surface area contributed by atoms with Crippen molar-refractivity contribution < 1.29 is 13.9 Å². The second-order valence-electron chi connectivity index (χ2n) is 9.00. The molecule has 0 unspecified atom stereocenters. The second-order valence-corrected chi connectivity index (χ2v) is 9.41. The molecule has 0 fully saturated rings. The zero-order chi connectivity index (χ0) is 26.8. The smallest absolute Gasteiger partial charge is 0.262 e. The average Bonchev–Trinajstić information content (AvgIpc) is 3.39. The van der Waals surface area contributed by atoms with Gasteiger partial charge in [-0.25, -0.2) is 4.68 Å². The monoisotopic (exact) mass is 527 g/mol. The molecule has 7 nitrogen and oxygen atoms in total. The van der Waals surface area contributed by atoms with E-state index < -0.39 is 0 Å². The Morgan fingerprint density at radius 1 is 1.11 bits per heavy atom. The number of amides is 1. The maximum Gasteiger partial charge on any atom is 0.262 e. The van der Waals surface area contributed by atoms with Crippen LogP contribution in [0.3, 0.4) is 0 Å². The lowest BCUT2D eigenvalue weighted by Crippen LogP contribution is -2.20. The molecule has 2 heterocycles. The number of carbonyl (C=O) groups excluding carboxylic acids is 1. The van der Waals surface area contributed by atoms with E-state index in [9.17, 15) is 9.59 Å². The van der Waals surface area contributed by atoms with Crippen molar-refractivity contribution in [2.24, 2.45) is 0 Å². The van der Waals surface area contributed by atoms with Crippen molar-refractivity contribution >= 4 is 34.2 Å². The number of rotatable bonds is 7. The fraction of sp³-hybridized carbons (Fsp3) is 0.167. The topological polar surface area (TPSA) is 86.4 Å². The molecule has 3 aromatic carbocycles. The minimum atomic E-state index is -0.346. The number of aromatic nitrogens is 2. The standard InChI is InChI=1S/C30H26ClN3O4/c1-4-20-13-23-27(14-26(20)37-17-28(35)33-25-11-10-18(2)12-24(25)31)38-19(3)29(30(23)36)21-15-32-34(16-21)22-8-6-5-7-9-22/h5-16H,4,17H2,1-3H3,(H,33,35). The van der Waals surface area contributed by atoms with Gasteiger partial charge in [-0.05, 0) is 61.7 Å². The number of ether oxygens (including phenoxy) is 1. The van der Waals surface area contributed by atoms with Crippen LogP contribution in [0, 0.1) is 13.8 Å². The summed E-state index contributed by atoms with van der Waals surface area (Å²) in [7, 11) is 0. The van der Waals surface area contributed by atoms with Crippen LogP contribution in [0.2, 0.25) is 5.02 Å². The molecule has 0 saturated heterocycles. The van der Waals surface area contributed by atoms with Crippen LogP contribution in [-0.4, -0.2) is 22.3 Å². The summed E-state index contributed by atoms with van der Waals surface area (Å²) in [4.78, 5) is 26.1. The van der Waals surface area contributed by atoms with Crippen molar-refractivity contribution in [2.45, 2.75) is 27.2 Å². The summed E-state index contributed by atoms with van der Waals surface area (Å²) >= 11 is 6.22. The SMILES string of the molecule is CCc1cc2c(=O)c(-c3cnn(-c4ccccc4)c3)c(C)oc2cc1OCC(=O)Nc1ccc(C)cc1Cl. The lowest BCUT2D eigenvalue weighted by Gasteiger charge is -2.13. The fourth-order valence-corrected chi connectivity index (χ4v) is 4.63. The van der Waals surface area contributed by atoms with E-state index in [0.29, 0.717) is 50.7 Å². The number of nitrogens with one attached hydrogen (secondary N) is 1. The van der Waals surface area contributed by atoms with E-state index in [2.05, 4.69) is 10.4 Å². The van der Waals surface area contributed by atoms with Crippen LogP contribution in [0.4, 0.5) is 5.69 Å². The van der Waals surface area contributed by atoms with Crippen LogP contribution >= 0.6 is 11.6 Å². The summed E-state index contributed by atoms with van der Waals surface area (Å²) in [6.07, 6.45) is 4.08. The highest BCUT2D eigenvalue weighted by Crippen LogP contribution is 2.30. The van der Waals surface area contributed by atoms with Crippen molar-refractivity contribution in [3.05, 3.63) is 105 Å². The van der Waals surface area contributed by atoms with Gasteiger partial charge in [0.05, 0.1) is 33.5 Å². The van der Waals surface area contributed by atoms with Crippen molar-refractivity contribution in [1.82, 2.24) is 9.78 Å².